The van der Waals surface area contributed by atoms with Crippen molar-refractivity contribution < 1.29 is 4.42 Å². The Labute approximate surface area is 405 Å². The van der Waals surface area contributed by atoms with Gasteiger partial charge in [-0.05, 0) is 80.9 Å². The van der Waals surface area contributed by atoms with Crippen LogP contribution in [0, 0.1) is 0 Å². The maximum absolute atomic E-state index is 6.83. The van der Waals surface area contributed by atoms with E-state index in [0.717, 1.165) is 61.3 Å². The van der Waals surface area contributed by atoms with Gasteiger partial charge in [0.15, 0.2) is 0 Å². The topological polar surface area (TPSA) is 21.3 Å². The molecule has 1 atom stereocenters. The molecule has 1 aliphatic heterocycles. The highest BCUT2D eigenvalue weighted by Crippen LogP contribution is 2.64. The Morgan fingerprint density at radius 2 is 0.857 bits per heavy atom. The fourth-order valence-corrected chi connectivity index (χ4v) is 12.5. The van der Waals surface area contributed by atoms with Crippen LogP contribution in [0.4, 0.5) is 17.1 Å². The van der Waals surface area contributed by atoms with Crippen molar-refractivity contribution in [2.75, 3.05) is 4.90 Å². The summed E-state index contributed by atoms with van der Waals surface area (Å²) in [5, 5.41) is 4.75. The molecule has 0 fully saturated rings. The van der Waals surface area contributed by atoms with E-state index in [-0.39, 0.29) is 0 Å². The number of anilines is 3. The van der Waals surface area contributed by atoms with Gasteiger partial charge in [-0.25, -0.2) is 0 Å². The average molecular weight is 891 g/mol. The Hall–Kier alpha value is -9.18. The van der Waals surface area contributed by atoms with E-state index in [1.54, 1.807) is 0 Å². The number of furan rings is 1. The standard InChI is InChI=1S/C67H42N2O/c1-2-21-43(22-3-1)44-23-4-5-24-45(44)46-25-7-13-37-58(46)68(59-38-14-9-27-48(59)51-31-18-32-52-49-28-10-17-42-63(49)70-66(51)52)62-41-20-35-56-64(62)53-29-6-11-33-54(53)67(56)55-34-12-16-40-61(55)69-60-39-15-8-26-47(60)50-30-19-36-57(67)65(50)69/h1-42H. The van der Waals surface area contributed by atoms with Crippen molar-refractivity contribution in [2.24, 2.45) is 0 Å². The van der Waals surface area contributed by atoms with Crippen LogP contribution < -0.4 is 4.90 Å². The maximum Gasteiger partial charge on any atom is 0.143 e. The van der Waals surface area contributed by atoms with E-state index in [4.69, 9.17) is 4.42 Å². The molecule has 70 heavy (non-hydrogen) atoms. The minimum absolute atomic E-state index is 0.618. The van der Waals surface area contributed by atoms with E-state index >= 15 is 0 Å². The number of rotatable bonds is 6. The Morgan fingerprint density at radius 3 is 1.69 bits per heavy atom. The lowest BCUT2D eigenvalue weighted by atomic mass is 9.65. The summed E-state index contributed by atoms with van der Waals surface area (Å²) in [6.07, 6.45) is 0. The van der Waals surface area contributed by atoms with Crippen LogP contribution in [-0.4, -0.2) is 4.57 Å². The summed E-state index contributed by atoms with van der Waals surface area (Å²) in [7, 11) is 0. The highest BCUT2D eigenvalue weighted by Gasteiger charge is 2.51. The zero-order chi connectivity index (χ0) is 45.9. The van der Waals surface area contributed by atoms with Gasteiger partial charge >= 0.3 is 0 Å². The molecular weight excluding hydrogens is 849 g/mol. The molecule has 0 saturated carbocycles. The van der Waals surface area contributed by atoms with Gasteiger partial charge < -0.3 is 13.9 Å². The van der Waals surface area contributed by atoms with E-state index in [1.165, 1.54) is 72.0 Å². The Balaban J connectivity index is 1.07. The summed E-state index contributed by atoms with van der Waals surface area (Å²) in [6, 6.07) is 93.7. The van der Waals surface area contributed by atoms with Gasteiger partial charge in [0.25, 0.3) is 0 Å². The minimum Gasteiger partial charge on any atom is -0.455 e. The molecule has 1 spiro atoms. The fourth-order valence-electron chi connectivity index (χ4n) is 12.5. The van der Waals surface area contributed by atoms with Crippen molar-refractivity contribution in [1.82, 2.24) is 4.57 Å². The van der Waals surface area contributed by atoms with Crippen LogP contribution in [0.5, 0.6) is 0 Å². The predicted molar refractivity (Wildman–Crippen MR) is 290 cm³/mol. The highest BCUT2D eigenvalue weighted by molar-refractivity contribution is 6.14. The maximum atomic E-state index is 6.83. The summed E-state index contributed by atoms with van der Waals surface area (Å²) in [4.78, 5) is 2.55. The molecule has 1 unspecified atom stereocenters. The van der Waals surface area contributed by atoms with Crippen molar-refractivity contribution in [3.05, 3.63) is 277 Å². The first-order valence-corrected chi connectivity index (χ1v) is 24.2. The molecule has 3 heterocycles. The molecular formula is C67H42N2O. The third kappa shape index (κ3) is 5.23. The summed E-state index contributed by atoms with van der Waals surface area (Å²) in [5.41, 5.74) is 22.4. The second-order valence-electron chi connectivity index (χ2n) is 18.6. The van der Waals surface area contributed by atoms with Gasteiger partial charge in [0.2, 0.25) is 0 Å². The second-order valence-corrected chi connectivity index (χ2v) is 18.6. The van der Waals surface area contributed by atoms with Crippen LogP contribution in [0.2, 0.25) is 0 Å². The molecule has 0 radical (unpaired) electrons. The molecule has 2 aromatic heterocycles. The van der Waals surface area contributed by atoms with Gasteiger partial charge in [-0.3, -0.25) is 0 Å². The number of hydrogen-bond donors (Lipinski definition) is 0. The number of hydrogen-bond acceptors (Lipinski definition) is 2. The van der Waals surface area contributed by atoms with Crippen molar-refractivity contribution in [3.8, 4) is 50.2 Å². The van der Waals surface area contributed by atoms with Crippen molar-refractivity contribution in [1.29, 1.82) is 0 Å². The normalized spacial score (nSPS) is 14.3. The van der Waals surface area contributed by atoms with Crippen LogP contribution in [-0.2, 0) is 5.41 Å². The molecule has 0 saturated heterocycles. The average Bonchev–Trinajstić information content (AvgIpc) is 4.09. The van der Waals surface area contributed by atoms with Crippen LogP contribution >= 0.6 is 0 Å². The molecule has 3 nitrogen and oxygen atoms in total. The van der Waals surface area contributed by atoms with Gasteiger partial charge in [0.1, 0.15) is 11.2 Å². The van der Waals surface area contributed by atoms with E-state index in [0.29, 0.717) is 0 Å². The van der Waals surface area contributed by atoms with E-state index in [1.807, 2.05) is 0 Å². The molecule has 0 bridgehead atoms. The largest absolute Gasteiger partial charge is 0.455 e. The molecule has 11 aromatic carbocycles. The van der Waals surface area contributed by atoms with Gasteiger partial charge in [0.05, 0.1) is 39.2 Å². The summed E-state index contributed by atoms with van der Waals surface area (Å²) in [6.45, 7) is 0. The number of benzene rings is 11. The van der Waals surface area contributed by atoms with Crippen molar-refractivity contribution in [2.45, 2.75) is 5.41 Å². The summed E-state index contributed by atoms with van der Waals surface area (Å²) >= 11 is 0. The van der Waals surface area contributed by atoms with Gasteiger partial charge in [-0.2, -0.15) is 0 Å². The Morgan fingerprint density at radius 1 is 0.329 bits per heavy atom. The van der Waals surface area contributed by atoms with Crippen LogP contribution in [0.3, 0.4) is 0 Å². The van der Waals surface area contributed by atoms with Crippen LogP contribution in [0.25, 0.3) is 93.9 Å². The molecule has 15 rings (SSSR count). The van der Waals surface area contributed by atoms with E-state index in [9.17, 15) is 0 Å². The monoisotopic (exact) mass is 890 g/mol. The smallest absolute Gasteiger partial charge is 0.143 e. The number of fused-ring (bicyclic) bond motifs is 15. The van der Waals surface area contributed by atoms with E-state index < -0.39 is 5.41 Å². The van der Waals surface area contributed by atoms with Gasteiger partial charge in [-0.1, -0.05) is 218 Å². The molecule has 1 aliphatic carbocycles. The van der Waals surface area contributed by atoms with Crippen molar-refractivity contribution >= 4 is 60.8 Å². The number of para-hydroxylation sites is 7. The zero-order valence-electron chi connectivity index (χ0n) is 38.1. The number of nitrogens with zero attached hydrogens (tertiary/aromatic N) is 2. The Kier molecular flexibility index (Phi) is 8.28. The first kappa shape index (κ1) is 38.9. The summed E-state index contributed by atoms with van der Waals surface area (Å²) < 4.78 is 9.35. The predicted octanol–water partition coefficient (Wildman–Crippen LogP) is 17.8. The van der Waals surface area contributed by atoms with Gasteiger partial charge in [-0.15, -0.1) is 0 Å². The molecule has 0 amide bonds. The van der Waals surface area contributed by atoms with Crippen molar-refractivity contribution in [3.63, 3.8) is 0 Å². The fraction of sp³-hybridized carbons (Fsp3) is 0.0149. The van der Waals surface area contributed by atoms with Gasteiger partial charge in [0, 0.05) is 43.8 Å². The number of aromatic nitrogens is 1. The SMILES string of the molecule is c1ccc(-c2ccccc2-c2ccccc2N(c2ccccc2-c2cccc3c2oc2ccccc23)c2cccc3c2-c2ccccc2C32c3ccccc3-n3c4ccccc4c4cccc2c43)cc1. The summed E-state index contributed by atoms with van der Waals surface area (Å²) in [5.74, 6) is 0. The van der Waals surface area contributed by atoms with Crippen LogP contribution in [0.1, 0.15) is 22.3 Å². The molecule has 13 aromatic rings. The third-order valence-corrected chi connectivity index (χ3v) is 15.2. The molecule has 0 N–H and O–H groups in total. The third-order valence-electron chi connectivity index (χ3n) is 15.2. The Bertz CT molecular complexity index is 4270. The lowest BCUT2D eigenvalue weighted by molar-refractivity contribution is 0.670. The second kappa shape index (κ2) is 14.9. The first-order chi connectivity index (χ1) is 34.8. The van der Waals surface area contributed by atoms with Crippen LogP contribution in [0.15, 0.2) is 259 Å². The van der Waals surface area contributed by atoms with E-state index in [2.05, 4.69) is 264 Å². The quantitative estimate of drug-likeness (QED) is 0.166. The molecule has 326 valence electrons. The minimum atomic E-state index is -0.618. The first-order valence-electron chi connectivity index (χ1n) is 24.2. The zero-order valence-corrected chi connectivity index (χ0v) is 38.1. The highest BCUT2D eigenvalue weighted by atomic mass is 16.3. The lowest BCUT2D eigenvalue weighted by Crippen LogP contribution is -2.33. The molecule has 2 aliphatic rings. The lowest BCUT2D eigenvalue weighted by Gasteiger charge is -2.39. The molecule has 3 heteroatoms.